The minimum Gasteiger partial charge on any atom is -0.322 e. The maximum atomic E-state index is 11.7. The van der Waals surface area contributed by atoms with E-state index < -0.39 is 0 Å². The normalized spacial score (nSPS) is 10.5. The average molecular weight is 350 g/mol. The van der Waals surface area contributed by atoms with Crippen molar-refractivity contribution in [1.82, 2.24) is 4.98 Å². The summed E-state index contributed by atoms with van der Waals surface area (Å²) in [5.74, 6) is -0.153. The predicted octanol–water partition coefficient (Wildman–Crippen LogP) is 3.34. The van der Waals surface area contributed by atoms with Gasteiger partial charge in [0.15, 0.2) is 0 Å². The van der Waals surface area contributed by atoms with Gasteiger partial charge in [-0.15, -0.1) is 0 Å². The number of pyridine rings is 1. The Bertz CT molecular complexity index is 567. The third kappa shape index (κ3) is 3.96. The Morgan fingerprint density at radius 2 is 2.00 bits per heavy atom. The van der Waals surface area contributed by atoms with E-state index in [0.29, 0.717) is 0 Å². The van der Waals surface area contributed by atoms with Crippen LogP contribution in [0.25, 0.3) is 6.08 Å². The standard InChI is InChI=1S/C14H11IN2O/c15-12-3-1-2-11(10-12)4-5-14(18)17-13-6-8-16-9-7-13/h1-10H,(H,16,17,18)/b5-4+. The predicted molar refractivity (Wildman–Crippen MR) is 81.1 cm³/mol. The SMILES string of the molecule is O=C(/C=C/c1cccc(I)c1)Nc1ccncc1. The molecule has 0 radical (unpaired) electrons. The van der Waals surface area contributed by atoms with E-state index in [4.69, 9.17) is 0 Å². The summed E-state index contributed by atoms with van der Waals surface area (Å²) < 4.78 is 1.14. The number of nitrogens with zero attached hydrogens (tertiary/aromatic N) is 1. The molecule has 0 saturated heterocycles. The van der Waals surface area contributed by atoms with Crippen LogP contribution in [0.1, 0.15) is 5.56 Å². The number of rotatable bonds is 3. The molecule has 3 nitrogen and oxygen atoms in total. The van der Waals surface area contributed by atoms with Crippen LogP contribution in [0.3, 0.4) is 0 Å². The summed E-state index contributed by atoms with van der Waals surface area (Å²) >= 11 is 2.24. The van der Waals surface area contributed by atoms with Crippen molar-refractivity contribution in [2.24, 2.45) is 0 Å². The monoisotopic (exact) mass is 350 g/mol. The van der Waals surface area contributed by atoms with E-state index in [1.54, 1.807) is 30.6 Å². The molecule has 1 aromatic heterocycles. The molecule has 0 aliphatic heterocycles. The number of hydrogen-bond acceptors (Lipinski definition) is 2. The van der Waals surface area contributed by atoms with Gasteiger partial charge in [0.05, 0.1) is 0 Å². The summed E-state index contributed by atoms with van der Waals surface area (Å²) in [5, 5.41) is 2.76. The van der Waals surface area contributed by atoms with Crippen LogP contribution >= 0.6 is 22.6 Å². The van der Waals surface area contributed by atoms with Gasteiger partial charge in [-0.25, -0.2) is 0 Å². The Balaban J connectivity index is 1.99. The van der Waals surface area contributed by atoms with Gasteiger partial charge in [0, 0.05) is 27.7 Å². The highest BCUT2D eigenvalue weighted by Crippen LogP contribution is 2.09. The van der Waals surface area contributed by atoms with E-state index in [1.165, 1.54) is 6.08 Å². The second-order valence-electron chi connectivity index (χ2n) is 3.61. The number of carbonyl (C=O) groups excluding carboxylic acids is 1. The first kappa shape index (κ1) is 12.8. The fourth-order valence-corrected chi connectivity index (χ4v) is 1.97. The van der Waals surface area contributed by atoms with Crippen molar-refractivity contribution in [2.75, 3.05) is 5.32 Å². The van der Waals surface area contributed by atoms with Crippen LogP contribution in [0, 0.1) is 3.57 Å². The van der Waals surface area contributed by atoms with Crippen molar-refractivity contribution in [3.63, 3.8) is 0 Å². The quantitative estimate of drug-likeness (QED) is 0.682. The largest absolute Gasteiger partial charge is 0.322 e. The molecule has 0 fully saturated rings. The van der Waals surface area contributed by atoms with E-state index >= 15 is 0 Å². The average Bonchev–Trinajstić information content (AvgIpc) is 2.38. The lowest BCUT2D eigenvalue weighted by Crippen LogP contribution is -2.07. The Kier molecular flexibility index (Phi) is 4.46. The third-order valence-corrected chi connectivity index (χ3v) is 2.89. The molecule has 0 aliphatic rings. The summed E-state index contributed by atoms with van der Waals surface area (Å²) in [5.41, 5.74) is 1.74. The Morgan fingerprint density at radius 1 is 1.22 bits per heavy atom. The molecular formula is C14H11IN2O. The van der Waals surface area contributed by atoms with Crippen LogP contribution in [0.15, 0.2) is 54.9 Å². The van der Waals surface area contributed by atoms with Gasteiger partial charge in [-0.3, -0.25) is 9.78 Å². The molecule has 0 aliphatic carbocycles. The Labute approximate surface area is 119 Å². The number of halogens is 1. The molecule has 2 aromatic rings. The lowest BCUT2D eigenvalue weighted by atomic mass is 10.2. The molecule has 0 bridgehead atoms. The third-order valence-electron chi connectivity index (χ3n) is 2.22. The zero-order valence-corrected chi connectivity index (χ0v) is 11.7. The number of anilines is 1. The fraction of sp³-hybridized carbons (Fsp3) is 0. The maximum absolute atomic E-state index is 11.7. The topological polar surface area (TPSA) is 42.0 Å². The van der Waals surface area contributed by atoms with Gasteiger partial charge in [0.2, 0.25) is 5.91 Å². The molecule has 0 unspecified atom stereocenters. The zero-order chi connectivity index (χ0) is 12.8. The Hall–Kier alpha value is -1.69. The smallest absolute Gasteiger partial charge is 0.248 e. The molecule has 1 heterocycles. The molecule has 1 N–H and O–H groups in total. The molecule has 90 valence electrons. The number of benzene rings is 1. The fourth-order valence-electron chi connectivity index (χ4n) is 1.40. The van der Waals surface area contributed by atoms with E-state index in [9.17, 15) is 4.79 Å². The van der Waals surface area contributed by atoms with Crippen molar-refractivity contribution in [3.05, 3.63) is 64.0 Å². The molecule has 4 heteroatoms. The summed E-state index contributed by atoms with van der Waals surface area (Å²) in [6, 6.07) is 11.4. The summed E-state index contributed by atoms with van der Waals surface area (Å²) in [6.45, 7) is 0. The highest BCUT2D eigenvalue weighted by molar-refractivity contribution is 14.1. The van der Waals surface area contributed by atoms with Gasteiger partial charge in [0.1, 0.15) is 0 Å². The summed E-state index contributed by atoms with van der Waals surface area (Å²) in [4.78, 5) is 15.5. The van der Waals surface area contributed by atoms with Crippen molar-refractivity contribution in [3.8, 4) is 0 Å². The second kappa shape index (κ2) is 6.30. The van der Waals surface area contributed by atoms with Gasteiger partial charge in [0.25, 0.3) is 0 Å². The van der Waals surface area contributed by atoms with Crippen molar-refractivity contribution in [2.45, 2.75) is 0 Å². The van der Waals surface area contributed by atoms with Gasteiger partial charge >= 0.3 is 0 Å². The molecule has 0 saturated carbocycles. The van der Waals surface area contributed by atoms with E-state index in [1.807, 2.05) is 24.3 Å². The zero-order valence-electron chi connectivity index (χ0n) is 9.51. The van der Waals surface area contributed by atoms with Crippen LogP contribution in [-0.2, 0) is 4.79 Å². The van der Waals surface area contributed by atoms with Crippen molar-refractivity contribution < 1.29 is 4.79 Å². The lowest BCUT2D eigenvalue weighted by molar-refractivity contribution is -0.111. The number of nitrogens with one attached hydrogen (secondary N) is 1. The minimum atomic E-state index is -0.153. The first-order chi connectivity index (χ1) is 8.74. The number of hydrogen-bond donors (Lipinski definition) is 1. The Morgan fingerprint density at radius 3 is 2.72 bits per heavy atom. The number of carbonyl (C=O) groups is 1. The summed E-state index contributed by atoms with van der Waals surface area (Å²) in [6.07, 6.45) is 6.59. The van der Waals surface area contributed by atoms with E-state index in [2.05, 4.69) is 32.9 Å². The van der Waals surface area contributed by atoms with E-state index in [0.717, 1.165) is 14.8 Å². The molecular weight excluding hydrogens is 339 g/mol. The van der Waals surface area contributed by atoms with Crippen LogP contribution in [0.2, 0.25) is 0 Å². The van der Waals surface area contributed by atoms with Gasteiger partial charge in [-0.05, 0) is 58.5 Å². The minimum absolute atomic E-state index is 0.153. The lowest BCUT2D eigenvalue weighted by Gasteiger charge is -2.00. The van der Waals surface area contributed by atoms with Crippen LogP contribution < -0.4 is 5.32 Å². The molecule has 1 aromatic carbocycles. The first-order valence-electron chi connectivity index (χ1n) is 5.39. The van der Waals surface area contributed by atoms with Gasteiger partial charge in [-0.2, -0.15) is 0 Å². The molecule has 1 amide bonds. The van der Waals surface area contributed by atoms with Gasteiger partial charge < -0.3 is 5.32 Å². The molecule has 18 heavy (non-hydrogen) atoms. The van der Waals surface area contributed by atoms with Crippen LogP contribution in [-0.4, -0.2) is 10.9 Å². The van der Waals surface area contributed by atoms with Crippen LogP contribution in [0.5, 0.6) is 0 Å². The van der Waals surface area contributed by atoms with Crippen molar-refractivity contribution >= 4 is 40.3 Å². The highest BCUT2D eigenvalue weighted by Gasteiger charge is 1.96. The van der Waals surface area contributed by atoms with Crippen molar-refractivity contribution in [1.29, 1.82) is 0 Å². The molecule has 0 spiro atoms. The van der Waals surface area contributed by atoms with E-state index in [-0.39, 0.29) is 5.91 Å². The summed E-state index contributed by atoms with van der Waals surface area (Å²) in [7, 11) is 0. The molecule has 2 rings (SSSR count). The highest BCUT2D eigenvalue weighted by atomic mass is 127. The number of aromatic nitrogens is 1. The van der Waals surface area contributed by atoms with Crippen LogP contribution in [0.4, 0.5) is 5.69 Å². The first-order valence-corrected chi connectivity index (χ1v) is 6.46. The van der Waals surface area contributed by atoms with Gasteiger partial charge in [-0.1, -0.05) is 12.1 Å². The number of amides is 1. The maximum Gasteiger partial charge on any atom is 0.248 e. The second-order valence-corrected chi connectivity index (χ2v) is 4.86. The molecule has 0 atom stereocenters.